The fraction of sp³-hybridized carbons (Fsp3) is 0.545. The minimum absolute atomic E-state index is 0.698. The van der Waals surface area contributed by atoms with Crippen LogP contribution in [0.15, 0.2) is 24.3 Å². The number of anilines is 1. The number of rotatable bonds is 7. The highest BCUT2D eigenvalue weighted by molar-refractivity contribution is 7.80. The van der Waals surface area contributed by atoms with Crippen molar-refractivity contribution in [2.75, 3.05) is 57.8 Å². The van der Waals surface area contributed by atoms with Crippen molar-refractivity contribution in [3.05, 3.63) is 35.4 Å². The highest BCUT2D eigenvalue weighted by Gasteiger charge is 2.18. The number of nitrogens with two attached hydrogens (primary N) is 1. The van der Waals surface area contributed by atoms with Gasteiger partial charge in [-0.25, -0.2) is 4.98 Å². The van der Waals surface area contributed by atoms with E-state index in [1.807, 2.05) is 0 Å². The Morgan fingerprint density at radius 3 is 2.64 bits per heavy atom. The van der Waals surface area contributed by atoms with Gasteiger partial charge in [0.25, 0.3) is 0 Å². The first-order chi connectivity index (χ1) is 13.5. The maximum absolute atomic E-state index is 5.61. The number of hydrogen-bond acceptors (Lipinski definition) is 5. The predicted octanol–water partition coefficient (Wildman–Crippen LogP) is 2.84. The lowest BCUT2D eigenvalue weighted by Gasteiger charge is -2.35. The van der Waals surface area contributed by atoms with E-state index in [9.17, 15) is 0 Å². The Balaban J connectivity index is 1.74. The average molecular weight is 400 g/mol. The largest absolute Gasteiger partial charge is 0.369 e. The van der Waals surface area contributed by atoms with Crippen molar-refractivity contribution < 1.29 is 0 Å². The minimum Gasteiger partial charge on any atom is -0.369 e. The summed E-state index contributed by atoms with van der Waals surface area (Å²) in [7, 11) is 2.05. The first kappa shape index (κ1) is 21.0. The lowest BCUT2D eigenvalue weighted by atomic mass is 10.0. The van der Waals surface area contributed by atoms with E-state index in [2.05, 4.69) is 59.9 Å². The summed E-state index contributed by atoms with van der Waals surface area (Å²) in [6.07, 6.45) is 1.75. The predicted molar refractivity (Wildman–Crippen MR) is 123 cm³/mol. The smallest absolute Gasteiger partial charge is 0.129 e. The van der Waals surface area contributed by atoms with Crippen LogP contribution in [-0.4, -0.2) is 72.6 Å². The third-order valence-corrected chi connectivity index (χ3v) is 6.14. The van der Waals surface area contributed by atoms with E-state index in [0.717, 1.165) is 68.4 Å². The molecule has 0 saturated carbocycles. The van der Waals surface area contributed by atoms with Crippen molar-refractivity contribution in [1.29, 1.82) is 0 Å². The van der Waals surface area contributed by atoms with Crippen LogP contribution in [0.5, 0.6) is 0 Å². The Kier molecular flexibility index (Phi) is 7.21. The molecule has 2 aromatic rings. The fourth-order valence-corrected chi connectivity index (χ4v) is 4.01. The number of fused-ring (bicyclic) bond motifs is 1. The zero-order valence-corrected chi connectivity index (χ0v) is 18.3. The lowest BCUT2D eigenvalue weighted by Crippen LogP contribution is -2.46. The van der Waals surface area contributed by atoms with E-state index in [1.54, 1.807) is 0 Å². The molecular formula is C22H33N5S. The normalized spacial score (nSPS) is 15.2. The number of aryl methyl sites for hydroxylation is 1. The quantitative estimate of drug-likeness (QED) is 0.723. The maximum Gasteiger partial charge on any atom is 0.129 e. The zero-order valence-electron chi connectivity index (χ0n) is 17.4. The van der Waals surface area contributed by atoms with Crippen LogP contribution >= 0.6 is 12.2 Å². The second-order valence-electron chi connectivity index (χ2n) is 7.70. The summed E-state index contributed by atoms with van der Waals surface area (Å²) < 4.78 is 0. The molecule has 1 aromatic carbocycles. The van der Waals surface area contributed by atoms with Gasteiger partial charge in [0.05, 0.1) is 10.5 Å². The first-order valence-corrected chi connectivity index (χ1v) is 10.7. The van der Waals surface area contributed by atoms with Crippen LogP contribution in [0.1, 0.15) is 24.5 Å². The summed E-state index contributed by atoms with van der Waals surface area (Å²) in [6.45, 7) is 11.5. The Bertz CT molecular complexity index is 814. The van der Waals surface area contributed by atoms with Crippen molar-refractivity contribution in [2.24, 2.45) is 5.73 Å². The standard InChI is InChI=1S/C22H33N5S/c1-4-26-10-12-27(13-11-26)21-14-17(2)19-15-18(6-7-20(19)24-21)16-22(28)25(3)9-5-8-23/h6-7,14-15H,4-5,8-13,16,23H2,1-3H3. The van der Waals surface area contributed by atoms with Gasteiger partial charge in [0.2, 0.25) is 0 Å². The molecule has 0 radical (unpaired) electrons. The lowest BCUT2D eigenvalue weighted by molar-refractivity contribution is 0.270. The van der Waals surface area contributed by atoms with E-state index >= 15 is 0 Å². The van der Waals surface area contributed by atoms with E-state index in [4.69, 9.17) is 22.9 Å². The van der Waals surface area contributed by atoms with Crippen molar-refractivity contribution >= 4 is 33.9 Å². The molecule has 2 heterocycles. The van der Waals surface area contributed by atoms with Crippen molar-refractivity contribution in [2.45, 2.75) is 26.7 Å². The zero-order chi connectivity index (χ0) is 20.1. The summed E-state index contributed by atoms with van der Waals surface area (Å²) >= 11 is 5.61. The topological polar surface area (TPSA) is 48.6 Å². The molecule has 1 aromatic heterocycles. The monoisotopic (exact) mass is 399 g/mol. The molecule has 0 atom stereocenters. The number of aromatic nitrogens is 1. The van der Waals surface area contributed by atoms with Gasteiger partial charge in [0.1, 0.15) is 5.82 Å². The molecule has 1 aliphatic heterocycles. The highest BCUT2D eigenvalue weighted by atomic mass is 32.1. The van der Waals surface area contributed by atoms with Crippen molar-refractivity contribution in [3.63, 3.8) is 0 Å². The number of piperazine rings is 1. The second-order valence-corrected chi connectivity index (χ2v) is 8.18. The summed E-state index contributed by atoms with van der Waals surface area (Å²) in [5.74, 6) is 1.10. The van der Waals surface area contributed by atoms with Gasteiger partial charge in [-0.3, -0.25) is 0 Å². The molecule has 1 fully saturated rings. The van der Waals surface area contributed by atoms with Gasteiger partial charge in [0.15, 0.2) is 0 Å². The van der Waals surface area contributed by atoms with Gasteiger partial charge in [-0.1, -0.05) is 25.2 Å². The van der Waals surface area contributed by atoms with Crippen LogP contribution in [0.25, 0.3) is 10.9 Å². The van der Waals surface area contributed by atoms with Crippen LogP contribution in [-0.2, 0) is 6.42 Å². The van der Waals surface area contributed by atoms with Crippen LogP contribution in [0.3, 0.4) is 0 Å². The Labute approximate surface area is 174 Å². The molecular weight excluding hydrogens is 366 g/mol. The van der Waals surface area contributed by atoms with Crippen LogP contribution in [0.4, 0.5) is 5.82 Å². The summed E-state index contributed by atoms with van der Waals surface area (Å²) in [5, 5.41) is 1.22. The van der Waals surface area contributed by atoms with Crippen LogP contribution in [0, 0.1) is 6.92 Å². The number of benzene rings is 1. The number of hydrogen-bond donors (Lipinski definition) is 1. The molecule has 2 N–H and O–H groups in total. The fourth-order valence-electron chi connectivity index (χ4n) is 3.75. The molecule has 0 aliphatic carbocycles. The molecule has 0 unspecified atom stereocenters. The summed E-state index contributed by atoms with van der Waals surface area (Å²) in [4.78, 5) is 13.0. The molecule has 1 saturated heterocycles. The molecule has 0 spiro atoms. The van der Waals surface area contributed by atoms with E-state index < -0.39 is 0 Å². The molecule has 0 amide bonds. The van der Waals surface area contributed by atoms with Crippen LogP contribution in [0.2, 0.25) is 0 Å². The van der Waals surface area contributed by atoms with Crippen LogP contribution < -0.4 is 10.6 Å². The second kappa shape index (κ2) is 9.63. The Morgan fingerprint density at radius 1 is 1.21 bits per heavy atom. The van der Waals surface area contributed by atoms with E-state index in [1.165, 1.54) is 16.5 Å². The first-order valence-electron chi connectivity index (χ1n) is 10.3. The van der Waals surface area contributed by atoms with Gasteiger partial charge in [-0.05, 0) is 55.8 Å². The number of thiocarbonyl (C=S) groups is 1. The third-order valence-electron chi connectivity index (χ3n) is 5.69. The summed E-state index contributed by atoms with van der Waals surface area (Å²) in [6, 6.07) is 8.79. The Morgan fingerprint density at radius 2 is 1.96 bits per heavy atom. The number of nitrogens with zero attached hydrogens (tertiary/aromatic N) is 4. The molecule has 5 nitrogen and oxygen atoms in total. The Hall–Kier alpha value is -1.76. The third kappa shape index (κ3) is 4.99. The molecule has 3 rings (SSSR count). The van der Waals surface area contributed by atoms with Crippen molar-refractivity contribution in [1.82, 2.24) is 14.8 Å². The van der Waals surface area contributed by atoms with Gasteiger partial charge < -0.3 is 20.4 Å². The SMILES string of the molecule is CCN1CCN(c2cc(C)c3cc(CC(=S)N(C)CCCN)ccc3n2)CC1. The number of likely N-dealkylation sites (N-methyl/N-ethyl adjacent to an activating group) is 2. The van der Waals surface area contributed by atoms with Gasteiger partial charge in [-0.15, -0.1) is 0 Å². The van der Waals surface area contributed by atoms with Gasteiger partial charge >= 0.3 is 0 Å². The molecule has 152 valence electrons. The highest BCUT2D eigenvalue weighted by Crippen LogP contribution is 2.25. The summed E-state index contributed by atoms with van der Waals surface area (Å²) in [5.41, 5.74) is 9.20. The van der Waals surface area contributed by atoms with E-state index in [0.29, 0.717) is 6.54 Å². The van der Waals surface area contributed by atoms with E-state index in [-0.39, 0.29) is 0 Å². The number of pyridine rings is 1. The molecule has 1 aliphatic rings. The maximum atomic E-state index is 5.61. The average Bonchev–Trinajstić information content (AvgIpc) is 2.72. The van der Waals surface area contributed by atoms with Crippen molar-refractivity contribution in [3.8, 4) is 0 Å². The molecule has 6 heteroatoms. The van der Waals surface area contributed by atoms with Gasteiger partial charge in [0, 0.05) is 51.6 Å². The minimum atomic E-state index is 0.698. The molecule has 0 bridgehead atoms. The molecule has 28 heavy (non-hydrogen) atoms. The van der Waals surface area contributed by atoms with Gasteiger partial charge in [-0.2, -0.15) is 0 Å².